The Morgan fingerprint density at radius 1 is 0.852 bits per heavy atom. The van der Waals surface area contributed by atoms with Crippen LogP contribution in [-0.4, -0.2) is 16.1 Å². The average molecular weight is 375 g/mol. The van der Waals surface area contributed by atoms with Crippen molar-refractivity contribution in [1.29, 1.82) is 0 Å². The molecule has 1 heterocycles. The summed E-state index contributed by atoms with van der Waals surface area (Å²) in [5.74, 6) is 0.498. The van der Waals surface area contributed by atoms with E-state index in [0.717, 1.165) is 16.5 Å². The summed E-state index contributed by atoms with van der Waals surface area (Å²) < 4.78 is 0. The van der Waals surface area contributed by atoms with E-state index < -0.39 is 0 Å². The molecule has 6 heteroatoms. The normalized spacial score (nSPS) is 10.6. The van der Waals surface area contributed by atoms with E-state index in [1.165, 1.54) is 0 Å². The monoisotopic (exact) mass is 374 g/mol. The van der Waals surface area contributed by atoms with Crippen molar-refractivity contribution < 1.29 is 4.79 Å². The Morgan fingerprint density at radius 3 is 2.33 bits per heavy atom. The molecule has 0 saturated heterocycles. The maximum absolute atomic E-state index is 12.3. The molecule has 1 aromatic heterocycles. The van der Waals surface area contributed by atoms with Gasteiger partial charge in [-0.3, -0.25) is 4.79 Å². The molecule has 0 saturated carbocycles. The fourth-order valence-electron chi connectivity index (χ4n) is 2.70. The molecule has 0 bridgehead atoms. The van der Waals surface area contributed by atoms with Gasteiger partial charge in [-0.25, -0.2) is 0 Å². The Hall–Kier alpha value is -3.44. The average Bonchev–Trinajstić information content (AvgIpc) is 2.70. The third kappa shape index (κ3) is 3.88. The summed E-state index contributed by atoms with van der Waals surface area (Å²) >= 11 is 5.85. The van der Waals surface area contributed by atoms with E-state index >= 15 is 0 Å². The van der Waals surface area contributed by atoms with E-state index in [2.05, 4.69) is 20.8 Å². The molecule has 0 atom stereocenters. The lowest BCUT2D eigenvalue weighted by molar-refractivity contribution is 0.102. The number of benzene rings is 3. The van der Waals surface area contributed by atoms with Crippen molar-refractivity contribution in [3.63, 3.8) is 0 Å². The maximum Gasteiger partial charge on any atom is 0.255 e. The number of rotatable bonds is 4. The second-order valence-corrected chi connectivity index (χ2v) is 6.38. The molecular formula is C21H15ClN4O. The second-order valence-electron chi connectivity index (χ2n) is 5.94. The smallest absolute Gasteiger partial charge is 0.255 e. The van der Waals surface area contributed by atoms with E-state index in [-0.39, 0.29) is 5.91 Å². The van der Waals surface area contributed by atoms with E-state index in [1.54, 1.807) is 30.5 Å². The predicted molar refractivity (Wildman–Crippen MR) is 109 cm³/mol. The van der Waals surface area contributed by atoms with Crippen molar-refractivity contribution in [2.75, 3.05) is 10.6 Å². The van der Waals surface area contributed by atoms with Crippen LogP contribution in [0.1, 0.15) is 10.4 Å². The molecular weight excluding hydrogens is 360 g/mol. The number of carbonyl (C=O) groups excluding carboxylic acids is 1. The molecule has 0 aliphatic rings. The Bertz CT molecular complexity index is 1090. The van der Waals surface area contributed by atoms with Crippen molar-refractivity contribution in [2.45, 2.75) is 0 Å². The van der Waals surface area contributed by atoms with Gasteiger partial charge in [-0.15, -0.1) is 5.10 Å². The molecule has 2 N–H and O–H groups in total. The molecule has 0 radical (unpaired) electrons. The number of nitrogens with zero attached hydrogens (tertiary/aromatic N) is 2. The minimum atomic E-state index is -0.188. The van der Waals surface area contributed by atoms with Gasteiger partial charge in [0.25, 0.3) is 5.91 Å². The van der Waals surface area contributed by atoms with Crippen LogP contribution in [-0.2, 0) is 0 Å². The van der Waals surface area contributed by atoms with Crippen LogP contribution in [0.5, 0.6) is 0 Å². The van der Waals surface area contributed by atoms with E-state index in [1.807, 2.05) is 48.5 Å². The lowest BCUT2D eigenvalue weighted by Gasteiger charge is -2.09. The Labute approximate surface area is 161 Å². The van der Waals surface area contributed by atoms with Gasteiger partial charge in [0.15, 0.2) is 5.82 Å². The first kappa shape index (κ1) is 17.0. The third-order valence-electron chi connectivity index (χ3n) is 4.08. The summed E-state index contributed by atoms with van der Waals surface area (Å²) in [6.45, 7) is 0. The highest BCUT2D eigenvalue weighted by atomic mass is 35.5. The highest BCUT2D eigenvalue weighted by Crippen LogP contribution is 2.24. The van der Waals surface area contributed by atoms with Crippen LogP contribution in [0.3, 0.4) is 0 Å². The zero-order chi connectivity index (χ0) is 18.6. The summed E-state index contributed by atoms with van der Waals surface area (Å²) in [6.07, 6.45) is 1.73. The standard InChI is InChI=1S/C21H15ClN4O/c22-16-7-5-14(6-8-16)21(27)25-18-11-9-17(10-12-18)24-20-19-4-2-1-3-15(19)13-23-26-20/h1-13H,(H,24,26)(H,25,27). The molecule has 0 aliphatic heterocycles. The van der Waals surface area contributed by atoms with Gasteiger partial charge in [-0.1, -0.05) is 35.9 Å². The number of aromatic nitrogens is 2. The molecule has 132 valence electrons. The molecule has 0 spiro atoms. The molecule has 1 amide bonds. The summed E-state index contributed by atoms with van der Waals surface area (Å²) in [4.78, 5) is 12.3. The van der Waals surface area contributed by atoms with Crippen molar-refractivity contribution >= 4 is 45.5 Å². The van der Waals surface area contributed by atoms with E-state index in [4.69, 9.17) is 11.6 Å². The molecule has 27 heavy (non-hydrogen) atoms. The first-order valence-electron chi connectivity index (χ1n) is 8.33. The van der Waals surface area contributed by atoms with Crippen LogP contribution in [0.25, 0.3) is 10.8 Å². The molecule has 0 unspecified atom stereocenters. The van der Waals surface area contributed by atoms with Crippen LogP contribution in [0, 0.1) is 0 Å². The van der Waals surface area contributed by atoms with Gasteiger partial charge in [0.05, 0.1) is 6.20 Å². The lowest BCUT2D eigenvalue weighted by Crippen LogP contribution is -2.11. The maximum atomic E-state index is 12.3. The zero-order valence-electron chi connectivity index (χ0n) is 14.2. The highest BCUT2D eigenvalue weighted by Gasteiger charge is 2.07. The molecule has 0 aliphatic carbocycles. The Morgan fingerprint density at radius 2 is 1.56 bits per heavy atom. The SMILES string of the molecule is O=C(Nc1ccc(Nc2nncc3ccccc23)cc1)c1ccc(Cl)cc1. The number of amides is 1. The first-order chi connectivity index (χ1) is 13.2. The van der Waals surface area contributed by atoms with Crippen LogP contribution < -0.4 is 10.6 Å². The van der Waals surface area contributed by atoms with Gasteiger partial charge in [-0.05, 0) is 48.5 Å². The fraction of sp³-hybridized carbons (Fsp3) is 0. The van der Waals surface area contributed by atoms with E-state index in [0.29, 0.717) is 22.1 Å². The summed E-state index contributed by atoms with van der Waals surface area (Å²) in [6, 6.07) is 22.1. The van der Waals surface area contributed by atoms with Crippen molar-refractivity contribution in [2.24, 2.45) is 0 Å². The largest absolute Gasteiger partial charge is 0.338 e. The fourth-order valence-corrected chi connectivity index (χ4v) is 2.82. The van der Waals surface area contributed by atoms with Crippen LogP contribution in [0.4, 0.5) is 17.2 Å². The zero-order valence-corrected chi connectivity index (χ0v) is 14.9. The molecule has 5 nitrogen and oxygen atoms in total. The van der Waals surface area contributed by atoms with Crippen molar-refractivity contribution in [1.82, 2.24) is 10.2 Å². The number of fused-ring (bicyclic) bond motifs is 1. The Balaban J connectivity index is 1.49. The van der Waals surface area contributed by atoms with Crippen LogP contribution in [0.2, 0.25) is 5.02 Å². The van der Waals surface area contributed by atoms with Crippen molar-refractivity contribution in [3.8, 4) is 0 Å². The van der Waals surface area contributed by atoms with Gasteiger partial charge < -0.3 is 10.6 Å². The summed E-state index contributed by atoms with van der Waals surface area (Å²) in [5, 5.41) is 16.9. The number of anilines is 3. The second kappa shape index (κ2) is 7.43. The first-order valence-corrected chi connectivity index (χ1v) is 8.71. The number of halogens is 1. The number of hydrogen-bond donors (Lipinski definition) is 2. The topological polar surface area (TPSA) is 66.9 Å². The number of nitrogens with one attached hydrogen (secondary N) is 2. The molecule has 4 rings (SSSR count). The highest BCUT2D eigenvalue weighted by molar-refractivity contribution is 6.30. The number of carbonyl (C=O) groups is 1. The molecule has 3 aromatic carbocycles. The van der Waals surface area contributed by atoms with Gasteiger partial charge >= 0.3 is 0 Å². The van der Waals surface area contributed by atoms with Gasteiger partial charge in [0.1, 0.15) is 0 Å². The quantitative estimate of drug-likeness (QED) is 0.510. The number of hydrogen-bond acceptors (Lipinski definition) is 4. The summed E-state index contributed by atoms with van der Waals surface area (Å²) in [7, 11) is 0. The van der Waals surface area contributed by atoms with E-state index in [9.17, 15) is 4.79 Å². The van der Waals surface area contributed by atoms with Crippen molar-refractivity contribution in [3.05, 3.63) is 89.6 Å². The predicted octanol–water partition coefficient (Wildman–Crippen LogP) is 5.28. The molecule has 4 aromatic rings. The van der Waals surface area contributed by atoms with Gasteiger partial charge in [0, 0.05) is 32.7 Å². The molecule has 0 fully saturated rings. The minimum Gasteiger partial charge on any atom is -0.338 e. The third-order valence-corrected chi connectivity index (χ3v) is 4.33. The van der Waals surface area contributed by atoms with Gasteiger partial charge in [0.2, 0.25) is 0 Å². The van der Waals surface area contributed by atoms with Crippen LogP contribution in [0.15, 0.2) is 79.0 Å². The Kier molecular flexibility index (Phi) is 4.68. The summed E-state index contributed by atoms with van der Waals surface area (Å²) in [5.41, 5.74) is 2.10. The van der Waals surface area contributed by atoms with Gasteiger partial charge in [-0.2, -0.15) is 5.10 Å². The minimum absolute atomic E-state index is 0.188. The lowest BCUT2D eigenvalue weighted by atomic mass is 10.2. The van der Waals surface area contributed by atoms with Crippen LogP contribution >= 0.6 is 11.6 Å².